The van der Waals surface area contributed by atoms with Crippen molar-refractivity contribution >= 4 is 0 Å². The van der Waals surface area contributed by atoms with Gasteiger partial charge in [0, 0.05) is 0 Å². The molecule has 2 radical (unpaired) electrons. The van der Waals surface area contributed by atoms with Gasteiger partial charge in [0.05, 0.1) is 0 Å². The van der Waals surface area contributed by atoms with Crippen LogP contribution in [0.3, 0.4) is 0 Å². The highest BCUT2D eigenvalue weighted by molar-refractivity contribution is 5.15. The molecule has 1 rings (SSSR count). The van der Waals surface area contributed by atoms with E-state index < -0.39 is 6.10 Å². The molecule has 0 heterocycles. The second kappa shape index (κ2) is 4.14. The predicted molar refractivity (Wildman–Crippen MR) is 43.6 cm³/mol. The fourth-order valence-corrected chi connectivity index (χ4v) is 1.03. The monoisotopic (exact) mass is 148 g/mol. The summed E-state index contributed by atoms with van der Waals surface area (Å²) in [6, 6.07) is 10.3. The Morgan fingerprint density at radius 2 is 2.36 bits per heavy atom. The van der Waals surface area contributed by atoms with Gasteiger partial charge in [-0.05, 0) is 18.1 Å². The molecule has 58 valence electrons. The SMILES string of the molecule is CCCC([O])c1[c]cccc1. The topological polar surface area (TPSA) is 19.9 Å². The van der Waals surface area contributed by atoms with Crippen LogP contribution in [0.5, 0.6) is 0 Å². The average molecular weight is 148 g/mol. The van der Waals surface area contributed by atoms with E-state index in [1.807, 2.05) is 25.1 Å². The van der Waals surface area contributed by atoms with Gasteiger partial charge in [-0.2, -0.15) is 0 Å². The molecule has 0 N–H and O–H groups in total. The molecular formula is C10H12O. The first-order chi connectivity index (χ1) is 5.34. The summed E-state index contributed by atoms with van der Waals surface area (Å²) in [5.74, 6) is 0. The summed E-state index contributed by atoms with van der Waals surface area (Å²) in [5.41, 5.74) is 0.786. The third-order valence-corrected chi connectivity index (χ3v) is 1.63. The van der Waals surface area contributed by atoms with Gasteiger partial charge >= 0.3 is 0 Å². The third-order valence-electron chi connectivity index (χ3n) is 1.63. The lowest BCUT2D eigenvalue weighted by Crippen LogP contribution is -1.93. The molecule has 1 unspecified atom stereocenters. The molecule has 1 nitrogen and oxygen atoms in total. The molecule has 0 bridgehead atoms. The zero-order valence-corrected chi connectivity index (χ0v) is 6.71. The minimum absolute atomic E-state index is 0.582. The number of benzene rings is 1. The fourth-order valence-electron chi connectivity index (χ4n) is 1.03. The van der Waals surface area contributed by atoms with E-state index in [0.29, 0.717) is 6.42 Å². The molecule has 1 aromatic carbocycles. The molecular weight excluding hydrogens is 136 g/mol. The van der Waals surface area contributed by atoms with Crippen molar-refractivity contribution in [1.82, 2.24) is 0 Å². The van der Waals surface area contributed by atoms with Gasteiger partial charge in [-0.3, -0.25) is 0 Å². The van der Waals surface area contributed by atoms with Crippen molar-refractivity contribution in [1.29, 1.82) is 0 Å². The average Bonchev–Trinajstić information content (AvgIpc) is 2.07. The van der Waals surface area contributed by atoms with Crippen LogP contribution in [0, 0.1) is 6.07 Å². The normalized spacial score (nSPS) is 12.9. The molecule has 0 aromatic heterocycles. The number of hydrogen-bond acceptors (Lipinski definition) is 0. The Morgan fingerprint density at radius 1 is 1.55 bits per heavy atom. The molecule has 11 heavy (non-hydrogen) atoms. The van der Waals surface area contributed by atoms with Crippen molar-refractivity contribution in [3.05, 3.63) is 35.9 Å². The van der Waals surface area contributed by atoms with Crippen molar-refractivity contribution in [3.8, 4) is 0 Å². The van der Waals surface area contributed by atoms with Crippen molar-refractivity contribution in [2.75, 3.05) is 0 Å². The molecule has 1 atom stereocenters. The van der Waals surface area contributed by atoms with E-state index in [-0.39, 0.29) is 0 Å². The van der Waals surface area contributed by atoms with Crippen LogP contribution in [0.2, 0.25) is 0 Å². The summed E-state index contributed by atoms with van der Waals surface area (Å²) >= 11 is 0. The van der Waals surface area contributed by atoms with Crippen LogP contribution in [-0.4, -0.2) is 0 Å². The molecule has 0 aliphatic carbocycles. The van der Waals surface area contributed by atoms with Gasteiger partial charge in [0.15, 0.2) is 0 Å². The number of hydrogen-bond donors (Lipinski definition) is 0. The first-order valence-electron chi connectivity index (χ1n) is 3.97. The van der Waals surface area contributed by atoms with Crippen LogP contribution >= 0.6 is 0 Å². The van der Waals surface area contributed by atoms with Crippen LogP contribution < -0.4 is 0 Å². The summed E-state index contributed by atoms with van der Waals surface area (Å²) in [6.07, 6.45) is 1.07. The van der Waals surface area contributed by atoms with Crippen LogP contribution in [0.1, 0.15) is 31.4 Å². The minimum atomic E-state index is -0.582. The molecule has 0 saturated carbocycles. The van der Waals surface area contributed by atoms with Gasteiger partial charge in [0.2, 0.25) is 0 Å². The molecule has 1 aromatic rings. The Morgan fingerprint density at radius 3 is 2.91 bits per heavy atom. The molecule has 0 spiro atoms. The minimum Gasteiger partial charge on any atom is -0.228 e. The molecule has 1 heteroatoms. The highest BCUT2D eigenvalue weighted by Gasteiger charge is 2.06. The van der Waals surface area contributed by atoms with Gasteiger partial charge in [-0.15, -0.1) is 0 Å². The highest BCUT2D eigenvalue weighted by Crippen LogP contribution is 2.16. The lowest BCUT2D eigenvalue weighted by Gasteiger charge is -2.04. The first-order valence-corrected chi connectivity index (χ1v) is 3.97. The van der Waals surface area contributed by atoms with Crippen LogP contribution in [0.15, 0.2) is 24.3 Å². The first kappa shape index (κ1) is 8.28. The maximum atomic E-state index is 11.3. The second-order valence-electron chi connectivity index (χ2n) is 2.60. The zero-order chi connectivity index (χ0) is 8.10. The summed E-state index contributed by atoms with van der Waals surface area (Å²) in [5, 5.41) is 11.3. The standard InChI is InChI=1S/C10H12O/c1-2-6-10(11)9-7-4-3-5-8-9/h3-5,7,10H,2,6H2,1H3. The van der Waals surface area contributed by atoms with E-state index in [1.165, 1.54) is 0 Å². The van der Waals surface area contributed by atoms with Crippen LogP contribution in [0.4, 0.5) is 0 Å². The molecule has 0 fully saturated rings. The quantitative estimate of drug-likeness (QED) is 0.628. The molecule has 0 saturated heterocycles. The van der Waals surface area contributed by atoms with Gasteiger partial charge in [0.25, 0.3) is 0 Å². The van der Waals surface area contributed by atoms with Crippen molar-refractivity contribution in [2.45, 2.75) is 25.9 Å². The smallest absolute Gasteiger partial charge is 0.119 e. The molecule has 0 aliphatic rings. The predicted octanol–water partition coefficient (Wildman–Crippen LogP) is 2.76. The summed E-state index contributed by atoms with van der Waals surface area (Å²) in [4.78, 5) is 0. The third kappa shape index (κ3) is 2.35. The Balaban J connectivity index is 2.61. The summed E-state index contributed by atoms with van der Waals surface area (Å²) in [6.45, 7) is 2.02. The van der Waals surface area contributed by atoms with Crippen LogP contribution in [-0.2, 0) is 5.11 Å². The lowest BCUT2D eigenvalue weighted by molar-refractivity contribution is 0.0803. The van der Waals surface area contributed by atoms with Crippen molar-refractivity contribution < 1.29 is 5.11 Å². The summed E-state index contributed by atoms with van der Waals surface area (Å²) < 4.78 is 0. The van der Waals surface area contributed by atoms with E-state index in [1.54, 1.807) is 6.07 Å². The Labute approximate surface area is 67.7 Å². The Hall–Kier alpha value is -0.820. The van der Waals surface area contributed by atoms with E-state index in [2.05, 4.69) is 6.07 Å². The summed E-state index contributed by atoms with van der Waals surface area (Å²) in [7, 11) is 0. The highest BCUT2D eigenvalue weighted by atomic mass is 16.3. The van der Waals surface area contributed by atoms with Gasteiger partial charge in [-0.1, -0.05) is 37.6 Å². The maximum absolute atomic E-state index is 11.3. The van der Waals surface area contributed by atoms with Crippen molar-refractivity contribution in [2.24, 2.45) is 0 Å². The van der Waals surface area contributed by atoms with Gasteiger partial charge < -0.3 is 0 Å². The van der Waals surface area contributed by atoms with E-state index in [9.17, 15) is 5.11 Å². The molecule has 0 amide bonds. The largest absolute Gasteiger partial charge is 0.228 e. The number of rotatable bonds is 3. The van der Waals surface area contributed by atoms with Crippen molar-refractivity contribution in [3.63, 3.8) is 0 Å². The molecule has 0 aliphatic heterocycles. The fraction of sp³-hybridized carbons (Fsp3) is 0.400. The van der Waals surface area contributed by atoms with Crippen LogP contribution in [0.25, 0.3) is 0 Å². The Kier molecular flexibility index (Phi) is 3.12. The lowest BCUT2D eigenvalue weighted by atomic mass is 10.1. The Bertz CT molecular complexity index is 193. The van der Waals surface area contributed by atoms with Gasteiger partial charge in [-0.25, -0.2) is 5.11 Å². The maximum Gasteiger partial charge on any atom is 0.119 e. The second-order valence-corrected chi connectivity index (χ2v) is 2.60. The van der Waals surface area contributed by atoms with Gasteiger partial charge in [0.1, 0.15) is 6.10 Å². The van der Waals surface area contributed by atoms with E-state index in [4.69, 9.17) is 0 Å². The van der Waals surface area contributed by atoms with E-state index >= 15 is 0 Å². The van der Waals surface area contributed by atoms with E-state index in [0.717, 1.165) is 12.0 Å². The zero-order valence-electron chi connectivity index (χ0n) is 6.71.